The summed E-state index contributed by atoms with van der Waals surface area (Å²) in [6, 6.07) is 0. The molecule has 58 valence electrons. The summed E-state index contributed by atoms with van der Waals surface area (Å²) in [6.07, 6.45) is 0. The minimum absolute atomic E-state index is 2.18. The topological polar surface area (TPSA) is 36.9 Å². The van der Waals surface area contributed by atoms with Crippen LogP contribution in [0.5, 0.6) is 0 Å². The van der Waals surface area contributed by atoms with E-state index >= 15 is 0 Å². The monoisotopic (exact) mass is 172 g/mol. The Labute approximate surface area is 48.0 Å². The summed E-state index contributed by atoms with van der Waals surface area (Å²) in [5.74, 6) is 0. The largest absolute Gasteiger partial charge is 0.352 e. The molecule has 0 saturated carbocycles. The molecule has 0 fully saturated rings. The maximum atomic E-state index is 10.8. The highest BCUT2D eigenvalue weighted by atomic mass is 32.3. The van der Waals surface area contributed by atoms with Crippen molar-refractivity contribution in [2.45, 2.75) is 0 Å². The Morgan fingerprint density at radius 2 is 0.889 bits per heavy atom. The third-order valence-electron chi connectivity index (χ3n) is 0.309. The Balaban J connectivity index is 3.82. The molecule has 0 rings (SSSR count). The minimum Gasteiger partial charge on any atom is -0.0579 e. The van der Waals surface area contributed by atoms with Gasteiger partial charge in [-0.25, -0.2) is 0 Å². The Kier molecular flexibility index (Phi) is 3.81. The first-order valence-electron chi connectivity index (χ1n) is 1.28. The highest BCUT2D eigenvalue weighted by Gasteiger charge is 2.36. The van der Waals surface area contributed by atoms with Gasteiger partial charge in [0, 0.05) is 0 Å². The van der Waals surface area contributed by atoms with Crippen LogP contribution >= 0.6 is 11.2 Å². The molecule has 0 aliphatic carbocycles. The SMILES string of the molecule is FOS(OF)(OF)OF. The molecule has 0 aliphatic rings. The molecule has 0 amide bonds. The van der Waals surface area contributed by atoms with Gasteiger partial charge in [0.15, 0.2) is 0 Å². The van der Waals surface area contributed by atoms with Gasteiger partial charge < -0.3 is 0 Å². The second-order valence-corrected chi connectivity index (χ2v) is 1.98. The van der Waals surface area contributed by atoms with E-state index in [1.54, 1.807) is 0 Å². The molecule has 0 unspecified atom stereocenters. The van der Waals surface area contributed by atoms with E-state index in [0.717, 1.165) is 0 Å². The van der Waals surface area contributed by atoms with Crippen LogP contribution in [0.25, 0.3) is 0 Å². The van der Waals surface area contributed by atoms with Gasteiger partial charge in [0.25, 0.3) is 0 Å². The molecule has 0 N–H and O–H groups in total. The van der Waals surface area contributed by atoms with Gasteiger partial charge in [0.2, 0.25) is 0 Å². The molecule has 9 heteroatoms. The van der Waals surface area contributed by atoms with Crippen LogP contribution in [0.3, 0.4) is 0 Å². The molecule has 0 spiro atoms. The molecule has 0 atom stereocenters. The summed E-state index contributed by atoms with van der Waals surface area (Å²) in [5, 5.41) is 0. The smallest absolute Gasteiger partial charge is 0.0579 e. The molecule has 0 bridgehead atoms. The molecule has 0 aromatic rings. The van der Waals surface area contributed by atoms with Crippen molar-refractivity contribution in [3.63, 3.8) is 0 Å². The number of halogens is 4. The molecule has 0 radical (unpaired) electrons. The van der Waals surface area contributed by atoms with Crippen molar-refractivity contribution in [2.75, 3.05) is 0 Å². The lowest BCUT2D eigenvalue weighted by Crippen LogP contribution is -1.99. The second-order valence-electron chi connectivity index (χ2n) is 0.660. The summed E-state index contributed by atoms with van der Waals surface area (Å²) in [4.78, 5) is 0. The first-order valence-corrected chi connectivity index (χ1v) is 2.62. The van der Waals surface area contributed by atoms with Crippen molar-refractivity contribution < 1.29 is 35.7 Å². The van der Waals surface area contributed by atoms with Crippen molar-refractivity contribution in [3.05, 3.63) is 0 Å². The van der Waals surface area contributed by atoms with E-state index in [9.17, 15) is 18.1 Å². The summed E-state index contributed by atoms with van der Waals surface area (Å²) in [5.41, 5.74) is 0. The fraction of sp³-hybridized carbons (Fsp3) is 0. The molecule has 0 aromatic carbocycles. The van der Waals surface area contributed by atoms with E-state index in [2.05, 4.69) is 17.6 Å². The Hall–Kier alpha value is -0.0900. The fourth-order valence-electron chi connectivity index (χ4n) is 0.0583. The van der Waals surface area contributed by atoms with E-state index in [-0.39, 0.29) is 0 Å². The molecule has 4 nitrogen and oxygen atoms in total. The quantitative estimate of drug-likeness (QED) is 0.608. The zero-order chi connectivity index (χ0) is 7.33. The van der Waals surface area contributed by atoms with Crippen LogP contribution in [0.4, 0.5) is 18.1 Å². The van der Waals surface area contributed by atoms with Crippen molar-refractivity contribution in [1.29, 1.82) is 0 Å². The van der Waals surface area contributed by atoms with E-state index in [1.807, 2.05) is 0 Å². The van der Waals surface area contributed by atoms with Gasteiger partial charge in [-0.3, -0.25) is 0 Å². The van der Waals surface area contributed by atoms with Gasteiger partial charge in [-0.2, -0.15) is 0 Å². The van der Waals surface area contributed by atoms with Crippen molar-refractivity contribution in [1.82, 2.24) is 0 Å². The number of hydrogen-bond donors (Lipinski definition) is 0. The zero-order valence-electron chi connectivity index (χ0n) is 3.55. The van der Waals surface area contributed by atoms with E-state index in [0.29, 0.717) is 0 Å². The van der Waals surface area contributed by atoms with Crippen LogP contribution < -0.4 is 0 Å². The lowest BCUT2D eigenvalue weighted by atomic mass is 15.5. The van der Waals surface area contributed by atoms with Gasteiger partial charge >= 0.3 is 11.2 Å². The second kappa shape index (κ2) is 3.85. The Bertz CT molecular complexity index is 55.5. The minimum atomic E-state index is -4.81. The normalized spacial score (nSPS) is 13.8. The Morgan fingerprint density at radius 3 is 0.889 bits per heavy atom. The van der Waals surface area contributed by atoms with Crippen molar-refractivity contribution in [3.8, 4) is 0 Å². The van der Waals surface area contributed by atoms with Gasteiger partial charge in [-0.05, 0) is 18.1 Å². The first kappa shape index (κ1) is 8.91. The van der Waals surface area contributed by atoms with E-state index in [4.69, 9.17) is 0 Å². The maximum absolute atomic E-state index is 10.8. The van der Waals surface area contributed by atoms with E-state index in [1.165, 1.54) is 0 Å². The Morgan fingerprint density at radius 1 is 0.667 bits per heavy atom. The average molecular weight is 172 g/mol. The van der Waals surface area contributed by atoms with Crippen LogP contribution in [0, 0.1) is 0 Å². The lowest BCUT2D eigenvalue weighted by molar-refractivity contribution is -0.195. The average Bonchev–Trinajstić information content (AvgIpc) is 1.95. The summed E-state index contributed by atoms with van der Waals surface area (Å²) < 4.78 is 51.7. The lowest BCUT2D eigenvalue weighted by Gasteiger charge is -2.14. The standard InChI is InChI=1S/F4O4S/c1-5-9(6-2,7-3)8-4. The van der Waals surface area contributed by atoms with Gasteiger partial charge in [-0.15, -0.1) is 0 Å². The summed E-state index contributed by atoms with van der Waals surface area (Å²) in [7, 11) is 0. The van der Waals surface area contributed by atoms with Crippen LogP contribution in [-0.2, 0) is 17.6 Å². The molecule has 0 heterocycles. The molecule has 0 aromatic heterocycles. The van der Waals surface area contributed by atoms with Crippen LogP contribution in [0.1, 0.15) is 0 Å². The summed E-state index contributed by atoms with van der Waals surface area (Å²) >= 11 is -4.81. The molecular formula is F4O4S. The molecular weight excluding hydrogens is 172 g/mol. The van der Waals surface area contributed by atoms with Crippen LogP contribution in [0.2, 0.25) is 0 Å². The van der Waals surface area contributed by atoms with Crippen LogP contribution in [0.15, 0.2) is 0 Å². The van der Waals surface area contributed by atoms with Gasteiger partial charge in [0.05, 0.1) is 0 Å². The zero-order valence-corrected chi connectivity index (χ0v) is 4.37. The predicted octanol–water partition coefficient (Wildman–Crippen LogP) is 2.06. The first-order chi connectivity index (χ1) is 4.24. The highest BCUT2D eigenvalue weighted by Crippen LogP contribution is 2.53. The third kappa shape index (κ3) is 1.95. The van der Waals surface area contributed by atoms with Crippen molar-refractivity contribution >= 4 is 11.2 Å². The van der Waals surface area contributed by atoms with Gasteiger partial charge in [-0.1, -0.05) is 17.6 Å². The highest BCUT2D eigenvalue weighted by molar-refractivity contribution is 8.17. The van der Waals surface area contributed by atoms with Gasteiger partial charge in [0.1, 0.15) is 0 Å². The maximum Gasteiger partial charge on any atom is 0.352 e. The van der Waals surface area contributed by atoms with Crippen molar-refractivity contribution in [2.24, 2.45) is 0 Å². The molecule has 0 saturated heterocycles. The predicted molar refractivity (Wildman–Crippen MR) is 16.4 cm³/mol. The van der Waals surface area contributed by atoms with Crippen LogP contribution in [-0.4, -0.2) is 0 Å². The fourth-order valence-corrected chi connectivity index (χ4v) is 0.175. The molecule has 9 heavy (non-hydrogen) atoms. The molecule has 0 aliphatic heterocycles. The summed E-state index contributed by atoms with van der Waals surface area (Å²) in [6.45, 7) is 0. The number of hydrogen-bond acceptors (Lipinski definition) is 4. The van der Waals surface area contributed by atoms with E-state index < -0.39 is 11.2 Å². The number of rotatable bonds is 4. The third-order valence-corrected chi connectivity index (χ3v) is 0.926.